The zero-order valence-corrected chi connectivity index (χ0v) is 17.0. The molecule has 1 aliphatic rings. The van der Waals surface area contributed by atoms with Gasteiger partial charge in [-0.1, -0.05) is 35.5 Å². The Hall–Kier alpha value is -3.88. The molecule has 0 saturated heterocycles. The summed E-state index contributed by atoms with van der Waals surface area (Å²) in [6.07, 6.45) is -1.10. The molecule has 0 atom stereocenters. The second-order valence-electron chi connectivity index (χ2n) is 7.84. The van der Waals surface area contributed by atoms with Gasteiger partial charge in [0.15, 0.2) is 11.5 Å². The average Bonchev–Trinajstić information content (AvgIpc) is 3.22. The smallest absolute Gasteiger partial charge is 0.335 e. The van der Waals surface area contributed by atoms with Crippen molar-refractivity contribution in [2.24, 2.45) is 0 Å². The van der Waals surface area contributed by atoms with Crippen LogP contribution < -0.4 is 0 Å². The molecule has 2 aromatic carbocycles. The van der Waals surface area contributed by atoms with Gasteiger partial charge in [0, 0.05) is 0 Å². The van der Waals surface area contributed by atoms with Crippen molar-refractivity contribution in [3.63, 3.8) is 0 Å². The first-order valence-electron chi connectivity index (χ1n) is 10.0. The maximum Gasteiger partial charge on any atom is 0.335 e. The summed E-state index contributed by atoms with van der Waals surface area (Å²) in [7, 11) is 0. The first-order chi connectivity index (χ1) is 15.4. The van der Waals surface area contributed by atoms with E-state index < -0.39 is 18.1 Å². The van der Waals surface area contributed by atoms with Crippen LogP contribution >= 0.6 is 0 Å². The molecule has 0 aliphatic heterocycles. The molecule has 0 spiro atoms. The van der Waals surface area contributed by atoms with Gasteiger partial charge in [0.1, 0.15) is 5.69 Å². The van der Waals surface area contributed by atoms with Gasteiger partial charge in [-0.3, -0.25) is 0 Å². The van der Waals surface area contributed by atoms with Crippen molar-refractivity contribution in [3.05, 3.63) is 82.8 Å². The highest BCUT2D eigenvalue weighted by Crippen LogP contribution is 2.53. The number of carbonyl (C=O) groups is 1. The third-order valence-electron chi connectivity index (χ3n) is 5.78. The number of rotatable bonds is 6. The summed E-state index contributed by atoms with van der Waals surface area (Å²) in [6.45, 7) is 2.03. The number of alkyl halides is 2. The minimum Gasteiger partial charge on any atom is -0.478 e. The quantitative estimate of drug-likeness (QED) is 0.460. The van der Waals surface area contributed by atoms with Crippen LogP contribution in [0.15, 0.2) is 59.1 Å². The van der Waals surface area contributed by atoms with Gasteiger partial charge >= 0.3 is 5.97 Å². The van der Waals surface area contributed by atoms with Gasteiger partial charge in [-0.2, -0.15) is 10.1 Å². The molecule has 7 nitrogen and oxygen atoms in total. The van der Waals surface area contributed by atoms with Crippen molar-refractivity contribution in [1.82, 2.24) is 19.9 Å². The third-order valence-corrected chi connectivity index (χ3v) is 5.78. The average molecular weight is 436 g/mol. The van der Waals surface area contributed by atoms with Gasteiger partial charge in [0.05, 0.1) is 16.7 Å². The van der Waals surface area contributed by atoms with E-state index in [1.165, 1.54) is 30.3 Å². The molecule has 5 rings (SSSR count). The number of hydrogen-bond donors (Lipinski definition) is 1. The van der Waals surface area contributed by atoms with Crippen molar-refractivity contribution in [3.8, 4) is 17.3 Å². The van der Waals surface area contributed by atoms with Crippen molar-refractivity contribution in [1.29, 1.82) is 0 Å². The molecule has 1 aliphatic carbocycles. The second kappa shape index (κ2) is 7.37. The fourth-order valence-corrected chi connectivity index (χ4v) is 4.00. The summed E-state index contributed by atoms with van der Waals surface area (Å²) in [5.41, 5.74) is 1.77. The SMILES string of the molecule is Cc1ccccc1C1(c2noc(-c3cc(C(F)F)n(-c4cccc(C(=O)O)c4)n3)n2)CC1. The lowest BCUT2D eigenvalue weighted by atomic mass is 9.91. The summed E-state index contributed by atoms with van der Waals surface area (Å²) >= 11 is 0. The first kappa shape index (κ1) is 20.0. The predicted octanol–water partition coefficient (Wildman–Crippen LogP) is 4.95. The topological polar surface area (TPSA) is 94.0 Å². The molecule has 0 bridgehead atoms. The van der Waals surface area contributed by atoms with E-state index in [0.29, 0.717) is 5.82 Å². The molecule has 0 amide bonds. The molecule has 2 aromatic heterocycles. The van der Waals surface area contributed by atoms with Crippen molar-refractivity contribution in [2.75, 3.05) is 0 Å². The minimum atomic E-state index is -2.84. The summed E-state index contributed by atoms with van der Waals surface area (Å²) in [5.74, 6) is -0.622. The second-order valence-corrected chi connectivity index (χ2v) is 7.84. The number of benzene rings is 2. The Morgan fingerprint density at radius 2 is 1.94 bits per heavy atom. The largest absolute Gasteiger partial charge is 0.478 e. The van der Waals surface area contributed by atoms with Gasteiger partial charge in [-0.05, 0) is 55.2 Å². The maximum absolute atomic E-state index is 13.7. The first-order valence-corrected chi connectivity index (χ1v) is 10.0. The maximum atomic E-state index is 13.7. The van der Waals surface area contributed by atoms with E-state index in [1.807, 2.05) is 31.2 Å². The Balaban J connectivity index is 1.54. The number of carboxylic acids is 1. The van der Waals surface area contributed by atoms with Crippen LogP contribution in [-0.4, -0.2) is 31.0 Å². The van der Waals surface area contributed by atoms with E-state index in [1.54, 1.807) is 0 Å². The van der Waals surface area contributed by atoms with E-state index in [4.69, 9.17) is 4.52 Å². The van der Waals surface area contributed by atoms with Gasteiger partial charge in [-0.15, -0.1) is 0 Å². The number of carboxylic acid groups (broad SMARTS) is 1. The van der Waals surface area contributed by atoms with E-state index in [-0.39, 0.29) is 28.3 Å². The molecule has 4 aromatic rings. The molecule has 2 heterocycles. The Kier molecular flexibility index (Phi) is 4.61. The number of hydrogen-bond acceptors (Lipinski definition) is 5. The van der Waals surface area contributed by atoms with Gasteiger partial charge in [-0.25, -0.2) is 18.3 Å². The number of aryl methyl sites for hydroxylation is 1. The van der Waals surface area contributed by atoms with E-state index in [2.05, 4.69) is 15.2 Å². The number of nitrogens with zero attached hydrogens (tertiary/aromatic N) is 4. The van der Waals surface area contributed by atoms with Gasteiger partial charge in [0.25, 0.3) is 12.3 Å². The Morgan fingerprint density at radius 3 is 2.62 bits per heavy atom. The standard InChI is InChI=1S/C23H18F2N4O3/c1-13-5-2-3-8-16(13)23(9-10-23)22-26-20(32-28-22)17-12-18(19(24)25)29(27-17)15-7-4-6-14(11-15)21(30)31/h2-8,11-12,19H,9-10H2,1H3,(H,30,31). The summed E-state index contributed by atoms with van der Waals surface area (Å²) in [5, 5.41) is 17.6. The normalized spacial score (nSPS) is 14.6. The van der Waals surface area contributed by atoms with Crippen LogP contribution in [0.5, 0.6) is 0 Å². The van der Waals surface area contributed by atoms with E-state index in [0.717, 1.165) is 28.7 Å². The predicted molar refractivity (Wildman–Crippen MR) is 110 cm³/mol. The van der Waals surface area contributed by atoms with Crippen molar-refractivity contribution in [2.45, 2.75) is 31.6 Å². The Bertz CT molecular complexity index is 1320. The van der Waals surface area contributed by atoms with Crippen LogP contribution in [0, 0.1) is 6.92 Å². The lowest BCUT2D eigenvalue weighted by Crippen LogP contribution is -2.12. The highest BCUT2D eigenvalue weighted by Gasteiger charge is 2.50. The van der Waals surface area contributed by atoms with E-state index in [9.17, 15) is 18.7 Å². The van der Waals surface area contributed by atoms with Crippen LogP contribution in [0.25, 0.3) is 17.3 Å². The molecular weight excluding hydrogens is 418 g/mol. The molecule has 1 fully saturated rings. The number of aromatic nitrogens is 4. The molecule has 1 N–H and O–H groups in total. The zero-order chi connectivity index (χ0) is 22.5. The molecule has 9 heteroatoms. The number of aromatic carboxylic acids is 1. The fourth-order valence-electron chi connectivity index (χ4n) is 4.00. The van der Waals surface area contributed by atoms with Crippen LogP contribution in [-0.2, 0) is 5.41 Å². The van der Waals surface area contributed by atoms with Crippen LogP contribution in [0.1, 0.15) is 52.3 Å². The molecule has 162 valence electrons. The van der Waals surface area contributed by atoms with Crippen LogP contribution in [0.4, 0.5) is 8.78 Å². The zero-order valence-electron chi connectivity index (χ0n) is 17.0. The summed E-state index contributed by atoms with van der Waals surface area (Å²) in [6, 6.07) is 14.8. The minimum absolute atomic E-state index is 0.0336. The Morgan fingerprint density at radius 1 is 1.16 bits per heavy atom. The third kappa shape index (κ3) is 3.26. The molecule has 0 radical (unpaired) electrons. The van der Waals surface area contributed by atoms with Gasteiger partial charge < -0.3 is 9.63 Å². The summed E-state index contributed by atoms with van der Waals surface area (Å²) in [4.78, 5) is 15.8. The van der Waals surface area contributed by atoms with Crippen LogP contribution in [0.3, 0.4) is 0 Å². The lowest BCUT2D eigenvalue weighted by Gasteiger charge is -2.13. The molecular formula is C23H18F2N4O3. The van der Waals surface area contributed by atoms with E-state index >= 15 is 0 Å². The molecule has 1 saturated carbocycles. The number of halogens is 2. The fraction of sp³-hybridized carbons (Fsp3) is 0.217. The monoisotopic (exact) mass is 436 g/mol. The lowest BCUT2D eigenvalue weighted by molar-refractivity contribution is 0.0697. The highest BCUT2D eigenvalue weighted by atomic mass is 19.3. The Labute approximate surface area is 181 Å². The van der Waals surface area contributed by atoms with Crippen LogP contribution in [0.2, 0.25) is 0 Å². The molecule has 0 unspecified atom stereocenters. The molecule has 32 heavy (non-hydrogen) atoms. The van der Waals surface area contributed by atoms with Crippen molar-refractivity contribution < 1.29 is 23.2 Å². The van der Waals surface area contributed by atoms with Gasteiger partial charge in [0.2, 0.25) is 0 Å². The van der Waals surface area contributed by atoms with Crippen molar-refractivity contribution >= 4 is 5.97 Å². The highest BCUT2D eigenvalue weighted by molar-refractivity contribution is 5.88. The summed E-state index contributed by atoms with van der Waals surface area (Å²) < 4.78 is 33.9.